The summed E-state index contributed by atoms with van der Waals surface area (Å²) < 4.78 is 5.77. The average Bonchev–Trinajstić information content (AvgIpc) is 2.55. The minimum atomic E-state index is -1.51. The number of carbonyl (C=O) groups is 2. The lowest BCUT2D eigenvalue weighted by molar-refractivity contribution is -0.149. The lowest BCUT2D eigenvalue weighted by Gasteiger charge is -2.37. The summed E-state index contributed by atoms with van der Waals surface area (Å²) in [6, 6.07) is 7.71. The van der Waals surface area contributed by atoms with E-state index in [4.69, 9.17) is 10.5 Å². The van der Waals surface area contributed by atoms with Gasteiger partial charge in [-0.05, 0) is 30.5 Å². The Kier molecular flexibility index (Phi) is 5.49. The van der Waals surface area contributed by atoms with E-state index in [-0.39, 0.29) is 31.8 Å². The first-order valence-electron chi connectivity index (χ1n) is 8.30. The van der Waals surface area contributed by atoms with Gasteiger partial charge in [-0.3, -0.25) is 9.59 Å². The molecule has 0 spiro atoms. The highest BCUT2D eigenvalue weighted by molar-refractivity contribution is 5.84. The third-order valence-corrected chi connectivity index (χ3v) is 4.55. The van der Waals surface area contributed by atoms with Crippen LogP contribution >= 0.6 is 0 Å². The molecule has 1 aromatic rings. The molecule has 6 heteroatoms. The molecule has 1 unspecified atom stereocenters. The number of carbonyl (C=O) groups excluding carboxylic acids is 2. The number of amides is 2. The van der Waals surface area contributed by atoms with E-state index in [9.17, 15) is 14.7 Å². The van der Waals surface area contributed by atoms with Crippen LogP contribution in [-0.2, 0) is 9.59 Å². The summed E-state index contributed by atoms with van der Waals surface area (Å²) >= 11 is 0. The molecular formula is C18H26N2O4. The molecule has 0 bridgehead atoms. The molecule has 1 atom stereocenters. The largest absolute Gasteiger partial charge is 0.481 e. The zero-order chi connectivity index (χ0) is 17.9. The van der Waals surface area contributed by atoms with Crippen molar-refractivity contribution in [1.29, 1.82) is 0 Å². The number of hydrogen-bond donors (Lipinski definition) is 2. The summed E-state index contributed by atoms with van der Waals surface area (Å²) in [6.07, 6.45) is -0.319. The van der Waals surface area contributed by atoms with E-state index in [1.807, 2.05) is 24.3 Å². The van der Waals surface area contributed by atoms with Crippen molar-refractivity contribution in [2.45, 2.75) is 51.2 Å². The van der Waals surface area contributed by atoms with Crippen molar-refractivity contribution in [2.75, 3.05) is 13.1 Å². The second kappa shape index (κ2) is 7.21. The Morgan fingerprint density at radius 1 is 1.25 bits per heavy atom. The van der Waals surface area contributed by atoms with Crippen LogP contribution in [0.1, 0.15) is 45.1 Å². The van der Waals surface area contributed by atoms with Crippen molar-refractivity contribution in [3.05, 3.63) is 29.8 Å². The zero-order valence-corrected chi connectivity index (χ0v) is 14.5. The van der Waals surface area contributed by atoms with Crippen LogP contribution in [0.2, 0.25) is 0 Å². The topological polar surface area (TPSA) is 92.9 Å². The Labute approximate surface area is 142 Å². The molecule has 2 rings (SSSR count). The normalized spacial score (nSPS) is 18.3. The van der Waals surface area contributed by atoms with Gasteiger partial charge < -0.3 is 20.5 Å². The van der Waals surface area contributed by atoms with Crippen molar-refractivity contribution in [1.82, 2.24) is 4.90 Å². The molecule has 1 aliphatic heterocycles. The fourth-order valence-corrected chi connectivity index (χ4v) is 2.80. The number of benzene rings is 1. The zero-order valence-electron chi connectivity index (χ0n) is 14.5. The van der Waals surface area contributed by atoms with Crippen LogP contribution in [0.5, 0.6) is 5.75 Å². The molecule has 6 nitrogen and oxygen atoms in total. The van der Waals surface area contributed by atoms with E-state index in [1.54, 1.807) is 11.8 Å². The number of piperidine rings is 1. The van der Waals surface area contributed by atoms with Crippen molar-refractivity contribution in [3.63, 3.8) is 0 Å². The predicted molar refractivity (Wildman–Crippen MR) is 90.6 cm³/mol. The number of nitrogens with zero attached hydrogens (tertiary/aromatic N) is 1. The first-order chi connectivity index (χ1) is 11.2. The van der Waals surface area contributed by atoms with Crippen molar-refractivity contribution < 1.29 is 19.4 Å². The molecular weight excluding hydrogens is 308 g/mol. The highest BCUT2D eigenvalue weighted by Crippen LogP contribution is 2.24. The van der Waals surface area contributed by atoms with Gasteiger partial charge in [0.1, 0.15) is 11.4 Å². The van der Waals surface area contributed by atoms with Gasteiger partial charge in [0.15, 0.2) is 6.10 Å². The molecule has 132 valence electrons. The Morgan fingerprint density at radius 2 is 1.88 bits per heavy atom. The standard InChI is InChI=1S/C18H26N2O4/c1-12(2)14-5-4-6-15(11-14)24-13(3)16(21)20-9-7-18(23,8-10-20)17(19)22/h4-6,11-13,23H,7-10H2,1-3H3,(H2,19,22). The third kappa shape index (κ3) is 4.06. The van der Waals surface area contributed by atoms with Gasteiger partial charge in [0.05, 0.1) is 0 Å². The molecule has 1 heterocycles. The van der Waals surface area contributed by atoms with Crippen LogP contribution in [0, 0.1) is 0 Å². The van der Waals surface area contributed by atoms with E-state index in [2.05, 4.69) is 13.8 Å². The SMILES string of the molecule is CC(Oc1cccc(C(C)C)c1)C(=O)N1CCC(O)(C(N)=O)CC1. The Morgan fingerprint density at radius 3 is 2.42 bits per heavy atom. The number of nitrogens with two attached hydrogens (primary N) is 1. The molecule has 1 saturated heterocycles. The maximum Gasteiger partial charge on any atom is 0.263 e. The Balaban J connectivity index is 1.96. The second-order valence-corrected chi connectivity index (χ2v) is 6.71. The van der Waals surface area contributed by atoms with E-state index in [1.165, 1.54) is 0 Å². The van der Waals surface area contributed by atoms with E-state index < -0.39 is 17.6 Å². The van der Waals surface area contributed by atoms with Gasteiger partial charge in [-0.1, -0.05) is 26.0 Å². The molecule has 3 N–H and O–H groups in total. The van der Waals surface area contributed by atoms with Crippen LogP contribution in [0.4, 0.5) is 0 Å². The fourth-order valence-electron chi connectivity index (χ4n) is 2.80. The number of likely N-dealkylation sites (tertiary alicyclic amines) is 1. The maximum atomic E-state index is 12.5. The second-order valence-electron chi connectivity index (χ2n) is 6.71. The monoisotopic (exact) mass is 334 g/mol. The number of rotatable bonds is 5. The Bertz CT molecular complexity index is 607. The van der Waals surface area contributed by atoms with Gasteiger partial charge in [-0.2, -0.15) is 0 Å². The summed E-state index contributed by atoms with van der Waals surface area (Å²) in [5.41, 5.74) is 4.85. The van der Waals surface area contributed by atoms with E-state index in [0.29, 0.717) is 11.7 Å². The Hall–Kier alpha value is -2.08. The van der Waals surface area contributed by atoms with E-state index >= 15 is 0 Å². The molecule has 0 aromatic heterocycles. The minimum absolute atomic E-state index is 0.156. The fraction of sp³-hybridized carbons (Fsp3) is 0.556. The van der Waals surface area contributed by atoms with Crippen LogP contribution in [-0.4, -0.2) is 46.6 Å². The number of primary amides is 1. The molecule has 0 radical (unpaired) electrons. The molecule has 1 fully saturated rings. The summed E-state index contributed by atoms with van der Waals surface area (Å²) in [7, 11) is 0. The van der Waals surface area contributed by atoms with Gasteiger partial charge in [0, 0.05) is 25.9 Å². The lowest BCUT2D eigenvalue weighted by Crippen LogP contribution is -2.55. The van der Waals surface area contributed by atoms with E-state index in [0.717, 1.165) is 5.56 Å². The quantitative estimate of drug-likeness (QED) is 0.851. The maximum absolute atomic E-state index is 12.5. The van der Waals surface area contributed by atoms with Crippen molar-refractivity contribution in [3.8, 4) is 5.75 Å². The third-order valence-electron chi connectivity index (χ3n) is 4.55. The van der Waals surface area contributed by atoms with Crippen molar-refractivity contribution >= 4 is 11.8 Å². The summed E-state index contributed by atoms with van der Waals surface area (Å²) in [6.45, 7) is 6.48. The number of ether oxygens (including phenoxy) is 1. The van der Waals surface area contributed by atoms with Crippen LogP contribution in [0.15, 0.2) is 24.3 Å². The highest BCUT2D eigenvalue weighted by atomic mass is 16.5. The molecule has 0 aliphatic carbocycles. The average molecular weight is 334 g/mol. The predicted octanol–water partition coefficient (Wildman–Crippen LogP) is 1.42. The minimum Gasteiger partial charge on any atom is -0.481 e. The molecule has 24 heavy (non-hydrogen) atoms. The molecule has 1 aromatic carbocycles. The first kappa shape index (κ1) is 18.3. The molecule has 1 aliphatic rings. The lowest BCUT2D eigenvalue weighted by atomic mass is 9.90. The van der Waals surface area contributed by atoms with Gasteiger partial charge in [0.2, 0.25) is 5.91 Å². The summed E-state index contributed by atoms with van der Waals surface area (Å²) in [5, 5.41) is 10.1. The molecule has 2 amide bonds. The summed E-state index contributed by atoms with van der Waals surface area (Å²) in [5.74, 6) is 0.154. The highest BCUT2D eigenvalue weighted by Gasteiger charge is 2.39. The smallest absolute Gasteiger partial charge is 0.263 e. The van der Waals surface area contributed by atoms with Crippen LogP contribution < -0.4 is 10.5 Å². The van der Waals surface area contributed by atoms with Gasteiger partial charge >= 0.3 is 0 Å². The van der Waals surface area contributed by atoms with Gasteiger partial charge in [-0.25, -0.2) is 0 Å². The number of hydrogen-bond acceptors (Lipinski definition) is 4. The summed E-state index contributed by atoms with van der Waals surface area (Å²) in [4.78, 5) is 25.4. The van der Waals surface area contributed by atoms with Crippen LogP contribution in [0.3, 0.4) is 0 Å². The van der Waals surface area contributed by atoms with Gasteiger partial charge in [-0.15, -0.1) is 0 Å². The number of aliphatic hydroxyl groups is 1. The first-order valence-corrected chi connectivity index (χ1v) is 8.30. The molecule has 0 saturated carbocycles. The van der Waals surface area contributed by atoms with Crippen molar-refractivity contribution in [2.24, 2.45) is 5.73 Å². The van der Waals surface area contributed by atoms with Gasteiger partial charge in [0.25, 0.3) is 5.91 Å². The van der Waals surface area contributed by atoms with Crippen LogP contribution in [0.25, 0.3) is 0 Å².